The number of amides is 1. The molecule has 0 aliphatic carbocycles. The van der Waals surface area contributed by atoms with Crippen molar-refractivity contribution >= 4 is 5.91 Å². The van der Waals surface area contributed by atoms with E-state index in [1.807, 2.05) is 24.3 Å². The number of rotatable bonds is 3. The van der Waals surface area contributed by atoms with Crippen LogP contribution in [0.3, 0.4) is 0 Å². The normalized spacial score (nSPS) is 28.0. The summed E-state index contributed by atoms with van der Waals surface area (Å²) >= 11 is 0. The summed E-state index contributed by atoms with van der Waals surface area (Å²) < 4.78 is 5.70. The van der Waals surface area contributed by atoms with Crippen molar-refractivity contribution in [3.63, 3.8) is 0 Å². The zero-order chi connectivity index (χ0) is 14.2. The number of hydrogen-bond acceptors (Lipinski definition) is 4. The van der Waals surface area contributed by atoms with Crippen molar-refractivity contribution in [1.82, 2.24) is 10.2 Å². The lowest BCUT2D eigenvalue weighted by Gasteiger charge is -2.29. The van der Waals surface area contributed by atoms with Crippen molar-refractivity contribution in [2.45, 2.75) is 24.5 Å². The number of para-hydroxylation sites is 1. The molecule has 0 spiro atoms. The van der Waals surface area contributed by atoms with E-state index < -0.39 is 11.7 Å². The van der Waals surface area contributed by atoms with Gasteiger partial charge in [-0.15, -0.1) is 0 Å². The molecule has 2 aliphatic heterocycles. The molecule has 0 bridgehead atoms. The first-order valence-electron chi connectivity index (χ1n) is 7.00. The number of benzene rings is 1. The zero-order valence-corrected chi connectivity index (χ0v) is 11.6. The van der Waals surface area contributed by atoms with E-state index in [0.29, 0.717) is 25.9 Å². The Morgan fingerprint density at radius 1 is 1.55 bits per heavy atom. The van der Waals surface area contributed by atoms with E-state index in [2.05, 4.69) is 5.32 Å². The summed E-state index contributed by atoms with van der Waals surface area (Å²) in [6.45, 7) is 1.68. The molecule has 108 valence electrons. The molecule has 2 N–H and O–H groups in total. The van der Waals surface area contributed by atoms with Gasteiger partial charge in [-0.25, -0.2) is 0 Å². The summed E-state index contributed by atoms with van der Waals surface area (Å²) in [6, 6.07) is 7.72. The minimum atomic E-state index is -0.810. The van der Waals surface area contributed by atoms with Crippen LogP contribution in [0.25, 0.3) is 0 Å². The molecule has 2 atom stereocenters. The van der Waals surface area contributed by atoms with Gasteiger partial charge in [-0.3, -0.25) is 4.79 Å². The number of ether oxygens (including phenoxy) is 1. The molecule has 1 fully saturated rings. The number of fused-ring (bicyclic) bond motifs is 1. The van der Waals surface area contributed by atoms with E-state index >= 15 is 0 Å². The SMILES string of the molecule is CN(CC1(O)CCNC1)C(=O)C1Cc2ccccc2O1. The highest BCUT2D eigenvalue weighted by Crippen LogP contribution is 2.29. The monoisotopic (exact) mass is 276 g/mol. The van der Waals surface area contributed by atoms with E-state index in [0.717, 1.165) is 17.9 Å². The van der Waals surface area contributed by atoms with Gasteiger partial charge in [-0.2, -0.15) is 0 Å². The number of hydrogen-bond donors (Lipinski definition) is 2. The fraction of sp³-hybridized carbons (Fsp3) is 0.533. The molecule has 2 heterocycles. The molecule has 1 aromatic rings. The molecule has 0 saturated carbocycles. The third-order valence-corrected chi connectivity index (χ3v) is 4.05. The Bertz CT molecular complexity index is 487. The van der Waals surface area contributed by atoms with Crippen molar-refractivity contribution in [1.29, 1.82) is 0 Å². The Kier molecular flexibility index (Phi) is 3.40. The molecule has 0 aromatic heterocycles. The average molecular weight is 276 g/mol. The van der Waals surface area contributed by atoms with Crippen molar-refractivity contribution in [2.24, 2.45) is 0 Å². The molecule has 2 aliphatic rings. The second-order valence-corrected chi connectivity index (χ2v) is 5.76. The molecule has 5 nitrogen and oxygen atoms in total. The van der Waals surface area contributed by atoms with Crippen LogP contribution >= 0.6 is 0 Å². The number of nitrogens with one attached hydrogen (secondary N) is 1. The van der Waals surface area contributed by atoms with E-state index in [4.69, 9.17) is 4.74 Å². The van der Waals surface area contributed by atoms with Crippen molar-refractivity contribution in [2.75, 3.05) is 26.7 Å². The van der Waals surface area contributed by atoms with E-state index in [1.54, 1.807) is 11.9 Å². The number of likely N-dealkylation sites (N-methyl/N-ethyl adjacent to an activating group) is 1. The third kappa shape index (κ3) is 2.51. The Balaban J connectivity index is 1.62. The zero-order valence-electron chi connectivity index (χ0n) is 11.6. The predicted octanol–water partition coefficient (Wildman–Crippen LogP) is 0.173. The number of carbonyl (C=O) groups excluding carboxylic acids is 1. The fourth-order valence-electron chi connectivity index (χ4n) is 2.95. The average Bonchev–Trinajstić information content (AvgIpc) is 3.03. The van der Waals surface area contributed by atoms with Crippen LogP contribution in [0.2, 0.25) is 0 Å². The minimum Gasteiger partial charge on any atom is -0.480 e. The van der Waals surface area contributed by atoms with Gasteiger partial charge in [0.15, 0.2) is 6.10 Å². The molecule has 20 heavy (non-hydrogen) atoms. The molecule has 2 unspecified atom stereocenters. The first-order chi connectivity index (χ1) is 9.57. The topological polar surface area (TPSA) is 61.8 Å². The highest BCUT2D eigenvalue weighted by molar-refractivity contribution is 5.82. The van der Waals surface area contributed by atoms with Gasteiger partial charge in [0, 0.05) is 20.0 Å². The first-order valence-corrected chi connectivity index (χ1v) is 7.00. The quantitative estimate of drug-likeness (QED) is 0.826. The maximum absolute atomic E-state index is 12.4. The Labute approximate surface area is 118 Å². The van der Waals surface area contributed by atoms with E-state index in [-0.39, 0.29) is 5.91 Å². The molecule has 1 saturated heterocycles. The molecule has 0 radical (unpaired) electrons. The standard InChI is InChI=1S/C15H20N2O3/c1-17(10-15(19)6-7-16-9-15)14(18)13-8-11-4-2-3-5-12(11)20-13/h2-5,13,16,19H,6-10H2,1H3. The van der Waals surface area contributed by atoms with Gasteiger partial charge in [-0.1, -0.05) is 18.2 Å². The highest BCUT2D eigenvalue weighted by Gasteiger charge is 2.37. The fourth-order valence-corrected chi connectivity index (χ4v) is 2.95. The lowest BCUT2D eigenvalue weighted by molar-refractivity contribution is -0.139. The Morgan fingerprint density at radius 2 is 2.35 bits per heavy atom. The van der Waals surface area contributed by atoms with Crippen molar-refractivity contribution < 1.29 is 14.6 Å². The maximum atomic E-state index is 12.4. The minimum absolute atomic E-state index is 0.0680. The largest absolute Gasteiger partial charge is 0.480 e. The Morgan fingerprint density at radius 3 is 3.05 bits per heavy atom. The van der Waals surface area contributed by atoms with Gasteiger partial charge in [0.25, 0.3) is 5.91 Å². The van der Waals surface area contributed by atoms with Crippen LogP contribution in [0.1, 0.15) is 12.0 Å². The predicted molar refractivity (Wildman–Crippen MR) is 74.6 cm³/mol. The summed E-state index contributed by atoms with van der Waals surface area (Å²) in [5, 5.41) is 13.5. The van der Waals surface area contributed by atoms with Crippen LogP contribution in [0, 0.1) is 0 Å². The second kappa shape index (κ2) is 5.07. The molecule has 1 amide bonds. The van der Waals surface area contributed by atoms with Gasteiger partial charge >= 0.3 is 0 Å². The van der Waals surface area contributed by atoms with Crippen molar-refractivity contribution in [3.05, 3.63) is 29.8 Å². The molecule has 5 heteroatoms. The van der Waals surface area contributed by atoms with Crippen LogP contribution in [-0.4, -0.2) is 54.3 Å². The summed E-state index contributed by atoms with van der Waals surface area (Å²) in [5.41, 5.74) is 0.260. The van der Waals surface area contributed by atoms with Crippen LogP contribution in [0.4, 0.5) is 0 Å². The molecular formula is C15H20N2O3. The van der Waals surface area contributed by atoms with Gasteiger partial charge in [0.05, 0.1) is 12.1 Å². The highest BCUT2D eigenvalue weighted by atomic mass is 16.5. The number of nitrogens with zero attached hydrogens (tertiary/aromatic N) is 1. The summed E-state index contributed by atoms with van der Waals surface area (Å²) in [5.74, 6) is 0.724. The van der Waals surface area contributed by atoms with Crippen molar-refractivity contribution in [3.8, 4) is 5.75 Å². The van der Waals surface area contributed by atoms with E-state index in [9.17, 15) is 9.90 Å². The smallest absolute Gasteiger partial charge is 0.263 e. The van der Waals surface area contributed by atoms with Gasteiger partial charge < -0.3 is 20.1 Å². The van der Waals surface area contributed by atoms with Gasteiger partial charge in [-0.05, 0) is 24.6 Å². The summed E-state index contributed by atoms with van der Waals surface area (Å²) in [6.07, 6.45) is 0.821. The van der Waals surface area contributed by atoms with Gasteiger partial charge in [0.1, 0.15) is 5.75 Å². The molecular weight excluding hydrogens is 256 g/mol. The first kappa shape index (κ1) is 13.4. The number of carbonyl (C=O) groups is 1. The maximum Gasteiger partial charge on any atom is 0.263 e. The van der Waals surface area contributed by atoms with E-state index in [1.165, 1.54) is 0 Å². The number of aliphatic hydroxyl groups is 1. The number of β-amino-alcohol motifs (C(OH)–C–C–N with tert-alkyl or cyclic N) is 1. The molecule has 3 rings (SSSR count). The van der Waals surface area contributed by atoms with Gasteiger partial charge in [0.2, 0.25) is 0 Å². The van der Waals surface area contributed by atoms with Crippen LogP contribution < -0.4 is 10.1 Å². The third-order valence-electron chi connectivity index (χ3n) is 4.05. The lowest BCUT2D eigenvalue weighted by atomic mass is 10.0. The second-order valence-electron chi connectivity index (χ2n) is 5.76. The van der Waals surface area contributed by atoms with Crippen LogP contribution in [0.15, 0.2) is 24.3 Å². The van der Waals surface area contributed by atoms with Crippen LogP contribution in [-0.2, 0) is 11.2 Å². The lowest BCUT2D eigenvalue weighted by Crippen LogP contribution is -2.48. The molecule has 1 aromatic carbocycles. The Hall–Kier alpha value is -1.59. The summed E-state index contributed by atoms with van der Waals surface area (Å²) in [7, 11) is 1.73. The van der Waals surface area contributed by atoms with Crippen LogP contribution in [0.5, 0.6) is 5.75 Å². The summed E-state index contributed by atoms with van der Waals surface area (Å²) in [4.78, 5) is 14.0.